The van der Waals surface area contributed by atoms with Gasteiger partial charge in [-0.25, -0.2) is 4.68 Å². The molecule has 5 nitrogen and oxygen atoms in total. The van der Waals surface area contributed by atoms with E-state index in [2.05, 4.69) is 10.1 Å². The van der Waals surface area contributed by atoms with Crippen LogP contribution in [0.2, 0.25) is 0 Å². The minimum atomic E-state index is -0.345. The van der Waals surface area contributed by atoms with Crippen LogP contribution >= 0.6 is 0 Å². The van der Waals surface area contributed by atoms with Crippen LogP contribution in [0.5, 0.6) is 5.88 Å². The molecule has 2 aromatic carbocycles. The number of hydrogen-bond acceptors (Lipinski definition) is 3. The first-order valence-corrected chi connectivity index (χ1v) is 8.01. The lowest BCUT2D eigenvalue weighted by Gasteiger charge is -2.08. The molecular formula is C20H17N3O2. The number of allylic oxidation sites excluding steroid dienone is 1. The highest BCUT2D eigenvalue weighted by Gasteiger charge is 2.18. The van der Waals surface area contributed by atoms with Gasteiger partial charge in [0.2, 0.25) is 5.88 Å². The maximum absolute atomic E-state index is 12.4. The van der Waals surface area contributed by atoms with Crippen LogP contribution in [-0.4, -0.2) is 21.1 Å². The van der Waals surface area contributed by atoms with Crippen molar-refractivity contribution >= 4 is 23.6 Å². The van der Waals surface area contributed by atoms with Gasteiger partial charge in [0, 0.05) is 17.4 Å². The minimum Gasteiger partial charge on any atom is -0.493 e. The van der Waals surface area contributed by atoms with Crippen LogP contribution in [0, 0.1) is 13.8 Å². The van der Waals surface area contributed by atoms with Crippen LogP contribution in [0.4, 0.5) is 5.69 Å². The highest BCUT2D eigenvalue weighted by Crippen LogP contribution is 2.33. The van der Waals surface area contributed by atoms with Crippen LogP contribution in [0.1, 0.15) is 22.3 Å². The number of nitrogens with one attached hydrogen (secondary N) is 1. The molecule has 3 aromatic rings. The van der Waals surface area contributed by atoms with E-state index in [0.717, 1.165) is 33.6 Å². The third-order valence-corrected chi connectivity index (χ3v) is 4.36. The molecule has 0 amide bonds. The van der Waals surface area contributed by atoms with Crippen LogP contribution in [0.15, 0.2) is 52.3 Å². The summed E-state index contributed by atoms with van der Waals surface area (Å²) in [4.78, 5) is 16.7. The number of benzene rings is 2. The van der Waals surface area contributed by atoms with Crippen molar-refractivity contribution in [2.75, 3.05) is 0 Å². The maximum Gasteiger partial charge on any atom is 0.275 e. The monoisotopic (exact) mass is 331 g/mol. The molecule has 0 fully saturated rings. The molecule has 2 N–H and O–H groups in total. The number of aryl methyl sites for hydroxylation is 2. The average Bonchev–Trinajstić information content (AvgIpc) is 3.12. The summed E-state index contributed by atoms with van der Waals surface area (Å²) in [6.07, 6.45) is 3.38. The SMILES string of the molecule is Cc1ccc(-n2[nH]c(=O)c(C=C3C=Nc4ccccc43)c2O)c(C)c1. The van der Waals surface area contributed by atoms with Gasteiger partial charge in [-0.05, 0) is 37.6 Å². The Labute approximate surface area is 144 Å². The fourth-order valence-corrected chi connectivity index (χ4v) is 3.11. The molecule has 1 aliphatic heterocycles. The number of fused-ring (bicyclic) bond motifs is 1. The Kier molecular flexibility index (Phi) is 3.42. The van der Waals surface area contributed by atoms with E-state index in [-0.39, 0.29) is 17.0 Å². The predicted octanol–water partition coefficient (Wildman–Crippen LogP) is 3.74. The van der Waals surface area contributed by atoms with Crippen molar-refractivity contribution in [3.8, 4) is 11.6 Å². The Morgan fingerprint density at radius 3 is 2.76 bits per heavy atom. The number of aromatic amines is 1. The van der Waals surface area contributed by atoms with Gasteiger partial charge < -0.3 is 5.11 Å². The van der Waals surface area contributed by atoms with E-state index in [9.17, 15) is 9.90 Å². The van der Waals surface area contributed by atoms with Gasteiger partial charge in [-0.3, -0.25) is 14.9 Å². The smallest absolute Gasteiger partial charge is 0.275 e. The molecule has 0 radical (unpaired) electrons. The molecule has 0 aliphatic carbocycles. The quantitative estimate of drug-likeness (QED) is 0.751. The first kappa shape index (κ1) is 15.2. The molecule has 0 saturated carbocycles. The topological polar surface area (TPSA) is 70.4 Å². The number of nitrogens with zero attached hydrogens (tertiary/aromatic N) is 2. The molecular weight excluding hydrogens is 314 g/mol. The third-order valence-electron chi connectivity index (χ3n) is 4.36. The second-order valence-electron chi connectivity index (χ2n) is 6.18. The third kappa shape index (κ3) is 2.50. The van der Waals surface area contributed by atoms with Crippen molar-refractivity contribution in [1.29, 1.82) is 0 Å². The van der Waals surface area contributed by atoms with Crippen molar-refractivity contribution < 1.29 is 5.11 Å². The molecule has 0 saturated heterocycles. The van der Waals surface area contributed by atoms with E-state index >= 15 is 0 Å². The Morgan fingerprint density at radius 1 is 1.16 bits per heavy atom. The average molecular weight is 331 g/mol. The fourth-order valence-electron chi connectivity index (χ4n) is 3.11. The Bertz CT molecular complexity index is 1100. The Hall–Kier alpha value is -3.34. The molecule has 0 unspecified atom stereocenters. The summed E-state index contributed by atoms with van der Waals surface area (Å²) in [5.41, 5.74) is 5.31. The zero-order valence-corrected chi connectivity index (χ0v) is 13.9. The summed E-state index contributed by atoms with van der Waals surface area (Å²) in [7, 11) is 0. The normalized spacial score (nSPS) is 14.2. The van der Waals surface area contributed by atoms with Crippen molar-refractivity contribution in [2.24, 2.45) is 4.99 Å². The molecule has 4 rings (SSSR count). The molecule has 2 heterocycles. The molecule has 1 aromatic heterocycles. The maximum atomic E-state index is 12.4. The van der Waals surface area contributed by atoms with Crippen LogP contribution < -0.4 is 5.56 Å². The van der Waals surface area contributed by atoms with E-state index in [0.29, 0.717) is 0 Å². The largest absolute Gasteiger partial charge is 0.493 e. The van der Waals surface area contributed by atoms with Crippen molar-refractivity contribution in [2.45, 2.75) is 13.8 Å². The Balaban J connectivity index is 1.84. The summed E-state index contributed by atoms with van der Waals surface area (Å²) in [6, 6.07) is 13.5. The summed E-state index contributed by atoms with van der Waals surface area (Å²) < 4.78 is 1.42. The molecule has 25 heavy (non-hydrogen) atoms. The van der Waals surface area contributed by atoms with Gasteiger partial charge in [0.1, 0.15) is 5.56 Å². The van der Waals surface area contributed by atoms with E-state index in [1.807, 2.05) is 56.3 Å². The Morgan fingerprint density at radius 2 is 1.96 bits per heavy atom. The highest BCUT2D eigenvalue weighted by molar-refractivity contribution is 6.21. The lowest BCUT2D eigenvalue weighted by atomic mass is 10.1. The number of aromatic hydroxyl groups is 1. The van der Waals surface area contributed by atoms with Crippen molar-refractivity contribution in [3.63, 3.8) is 0 Å². The van der Waals surface area contributed by atoms with Gasteiger partial charge in [-0.1, -0.05) is 35.9 Å². The van der Waals surface area contributed by atoms with Gasteiger partial charge in [-0.15, -0.1) is 0 Å². The van der Waals surface area contributed by atoms with Gasteiger partial charge in [0.05, 0.1) is 11.4 Å². The van der Waals surface area contributed by atoms with Crippen molar-refractivity contribution in [3.05, 3.63) is 75.1 Å². The number of rotatable bonds is 2. The first-order chi connectivity index (χ1) is 12.0. The van der Waals surface area contributed by atoms with Gasteiger partial charge in [-0.2, -0.15) is 0 Å². The predicted molar refractivity (Wildman–Crippen MR) is 100.0 cm³/mol. The standard InChI is InChI=1S/C20H17N3O2/c1-12-7-8-18(13(2)9-12)23-20(25)16(19(24)22-23)10-14-11-21-17-6-4-3-5-15(14)17/h3-11,25H,1-2H3,(H,22,24). The van der Waals surface area contributed by atoms with E-state index < -0.39 is 0 Å². The summed E-state index contributed by atoms with van der Waals surface area (Å²) in [5, 5.41) is 13.3. The van der Waals surface area contributed by atoms with Crippen LogP contribution in [0.3, 0.4) is 0 Å². The summed E-state index contributed by atoms with van der Waals surface area (Å²) >= 11 is 0. The number of para-hydroxylation sites is 1. The second-order valence-corrected chi connectivity index (χ2v) is 6.18. The molecule has 0 bridgehead atoms. The van der Waals surface area contributed by atoms with E-state index in [4.69, 9.17) is 0 Å². The van der Waals surface area contributed by atoms with Crippen LogP contribution in [0.25, 0.3) is 17.3 Å². The molecule has 0 spiro atoms. The fraction of sp³-hybridized carbons (Fsp3) is 0.100. The van der Waals surface area contributed by atoms with E-state index in [1.54, 1.807) is 12.3 Å². The highest BCUT2D eigenvalue weighted by atomic mass is 16.3. The molecule has 0 atom stereocenters. The molecule has 124 valence electrons. The first-order valence-electron chi connectivity index (χ1n) is 8.01. The van der Waals surface area contributed by atoms with E-state index in [1.165, 1.54) is 4.68 Å². The molecule has 1 aliphatic rings. The number of aliphatic imine (C=N–C) groups is 1. The number of hydrogen-bond donors (Lipinski definition) is 2. The zero-order valence-electron chi connectivity index (χ0n) is 13.9. The number of H-pyrrole nitrogens is 1. The lowest BCUT2D eigenvalue weighted by Crippen LogP contribution is -2.06. The van der Waals surface area contributed by atoms with Crippen LogP contribution in [-0.2, 0) is 0 Å². The number of aromatic nitrogens is 2. The zero-order chi connectivity index (χ0) is 17.6. The summed E-state index contributed by atoms with van der Waals surface area (Å²) in [5.74, 6) is -0.109. The lowest BCUT2D eigenvalue weighted by molar-refractivity contribution is 0.432. The second kappa shape index (κ2) is 5.63. The summed E-state index contributed by atoms with van der Waals surface area (Å²) in [6.45, 7) is 3.94. The van der Waals surface area contributed by atoms with Gasteiger partial charge in [0.15, 0.2) is 0 Å². The molecule has 5 heteroatoms. The van der Waals surface area contributed by atoms with Gasteiger partial charge >= 0.3 is 0 Å². The van der Waals surface area contributed by atoms with Crippen molar-refractivity contribution in [1.82, 2.24) is 9.78 Å². The minimum absolute atomic E-state index is 0.109. The van der Waals surface area contributed by atoms with Gasteiger partial charge in [0.25, 0.3) is 5.56 Å².